The molecule has 0 amide bonds. The average molecular weight is 218 g/mol. The van der Waals surface area contributed by atoms with Crippen molar-refractivity contribution in [2.75, 3.05) is 6.61 Å². The number of benzene rings is 1. The largest absolute Gasteiger partial charge is 0.396 e. The van der Waals surface area contributed by atoms with Crippen LogP contribution in [0.25, 0.3) is 10.9 Å². The highest BCUT2D eigenvalue weighted by Gasteiger charge is 2.03. The summed E-state index contributed by atoms with van der Waals surface area (Å²) in [6.07, 6.45) is 3.96. The van der Waals surface area contributed by atoms with Gasteiger partial charge >= 0.3 is 0 Å². The third kappa shape index (κ3) is 2.10. The van der Waals surface area contributed by atoms with Gasteiger partial charge in [-0.15, -0.1) is 0 Å². The van der Waals surface area contributed by atoms with Gasteiger partial charge in [-0.05, 0) is 30.5 Å². The Morgan fingerprint density at radius 2 is 2.06 bits per heavy atom. The van der Waals surface area contributed by atoms with E-state index in [-0.39, 0.29) is 6.61 Å². The van der Waals surface area contributed by atoms with E-state index in [1.54, 1.807) is 0 Å². The normalized spacial score (nSPS) is 11.1. The minimum atomic E-state index is 0.271. The van der Waals surface area contributed by atoms with Crippen LogP contribution in [0, 0.1) is 0 Å². The van der Waals surface area contributed by atoms with Crippen molar-refractivity contribution in [1.82, 2.24) is 4.57 Å². The topological polar surface area (TPSA) is 51.2 Å². The van der Waals surface area contributed by atoms with Crippen LogP contribution in [-0.4, -0.2) is 16.3 Å². The Hall–Kier alpha value is -1.32. The summed E-state index contributed by atoms with van der Waals surface area (Å²) < 4.78 is 2.23. The van der Waals surface area contributed by atoms with Crippen LogP contribution >= 0.6 is 0 Å². The maximum absolute atomic E-state index is 8.76. The number of aliphatic hydroxyl groups is 1. The quantitative estimate of drug-likeness (QED) is 0.753. The Kier molecular flexibility index (Phi) is 3.59. The van der Waals surface area contributed by atoms with E-state index in [4.69, 9.17) is 10.8 Å². The van der Waals surface area contributed by atoms with Gasteiger partial charge in [0.2, 0.25) is 0 Å². The molecule has 3 N–H and O–H groups in total. The van der Waals surface area contributed by atoms with Gasteiger partial charge in [-0.2, -0.15) is 0 Å². The van der Waals surface area contributed by atoms with Crippen molar-refractivity contribution in [3.8, 4) is 0 Å². The first-order valence-electron chi connectivity index (χ1n) is 5.74. The zero-order valence-electron chi connectivity index (χ0n) is 9.39. The first-order chi connectivity index (χ1) is 7.86. The average Bonchev–Trinajstić information content (AvgIpc) is 2.73. The summed E-state index contributed by atoms with van der Waals surface area (Å²) in [6.45, 7) is 1.81. The van der Waals surface area contributed by atoms with Gasteiger partial charge in [0.15, 0.2) is 0 Å². The maximum atomic E-state index is 8.76. The lowest BCUT2D eigenvalue weighted by Gasteiger charge is -2.05. The van der Waals surface area contributed by atoms with E-state index in [0.717, 1.165) is 19.4 Å². The minimum Gasteiger partial charge on any atom is -0.396 e. The molecule has 0 aliphatic carbocycles. The van der Waals surface area contributed by atoms with Crippen LogP contribution in [0.1, 0.15) is 18.4 Å². The van der Waals surface area contributed by atoms with E-state index in [9.17, 15) is 0 Å². The van der Waals surface area contributed by atoms with Gasteiger partial charge in [-0.3, -0.25) is 0 Å². The molecule has 3 nitrogen and oxygen atoms in total. The second-order valence-corrected chi connectivity index (χ2v) is 3.99. The van der Waals surface area contributed by atoms with Crippen molar-refractivity contribution in [2.24, 2.45) is 5.73 Å². The lowest BCUT2D eigenvalue weighted by atomic mass is 10.1. The Bertz CT molecular complexity index is 462. The number of unbranched alkanes of at least 4 members (excludes halogenated alkanes) is 1. The molecular formula is C13H18N2O. The molecule has 2 rings (SSSR count). The molecule has 1 aromatic carbocycles. The molecule has 0 radical (unpaired) electrons. The van der Waals surface area contributed by atoms with Crippen molar-refractivity contribution < 1.29 is 5.11 Å². The molecule has 16 heavy (non-hydrogen) atoms. The summed E-state index contributed by atoms with van der Waals surface area (Å²) in [6, 6.07) is 8.36. The van der Waals surface area contributed by atoms with Crippen LogP contribution in [-0.2, 0) is 13.1 Å². The molecule has 2 aromatic rings. The standard InChI is InChI=1S/C13H18N2O/c14-10-11-4-3-5-13-12(11)6-8-15(13)7-1-2-9-16/h3-6,8,16H,1-2,7,9-10,14H2. The molecule has 0 unspecified atom stereocenters. The summed E-state index contributed by atoms with van der Waals surface area (Å²) in [5.74, 6) is 0. The summed E-state index contributed by atoms with van der Waals surface area (Å²) in [5.41, 5.74) is 8.13. The van der Waals surface area contributed by atoms with Gasteiger partial charge < -0.3 is 15.4 Å². The highest BCUT2D eigenvalue weighted by Crippen LogP contribution is 2.20. The summed E-state index contributed by atoms with van der Waals surface area (Å²) in [7, 11) is 0. The molecule has 0 bridgehead atoms. The lowest BCUT2D eigenvalue weighted by Crippen LogP contribution is -1.99. The van der Waals surface area contributed by atoms with E-state index in [1.165, 1.54) is 16.5 Å². The highest BCUT2D eigenvalue weighted by atomic mass is 16.2. The molecule has 0 saturated heterocycles. The highest BCUT2D eigenvalue weighted by molar-refractivity contribution is 5.83. The second-order valence-electron chi connectivity index (χ2n) is 3.99. The smallest absolute Gasteiger partial charge is 0.0483 e. The van der Waals surface area contributed by atoms with Crippen LogP contribution in [0.5, 0.6) is 0 Å². The van der Waals surface area contributed by atoms with Crippen molar-refractivity contribution in [3.63, 3.8) is 0 Å². The molecule has 0 atom stereocenters. The van der Waals surface area contributed by atoms with Crippen LogP contribution in [0.2, 0.25) is 0 Å². The molecule has 0 aliphatic rings. The van der Waals surface area contributed by atoms with Crippen molar-refractivity contribution in [1.29, 1.82) is 0 Å². The van der Waals surface area contributed by atoms with E-state index in [2.05, 4.69) is 29.0 Å². The third-order valence-corrected chi connectivity index (χ3v) is 2.93. The minimum absolute atomic E-state index is 0.271. The Balaban J connectivity index is 2.27. The Morgan fingerprint density at radius 1 is 1.19 bits per heavy atom. The van der Waals surface area contributed by atoms with E-state index in [1.807, 2.05) is 6.07 Å². The molecule has 3 heteroatoms. The van der Waals surface area contributed by atoms with E-state index in [0.29, 0.717) is 6.54 Å². The fraction of sp³-hybridized carbons (Fsp3) is 0.385. The predicted octanol–water partition coefficient (Wildman–Crippen LogP) is 1.87. The van der Waals surface area contributed by atoms with Gasteiger partial charge in [0, 0.05) is 36.8 Å². The summed E-state index contributed by atoms with van der Waals surface area (Å²) >= 11 is 0. The fourth-order valence-corrected chi connectivity index (χ4v) is 2.05. The molecule has 0 aliphatic heterocycles. The van der Waals surface area contributed by atoms with E-state index >= 15 is 0 Å². The molecule has 1 aromatic heterocycles. The molecule has 1 heterocycles. The number of nitrogens with two attached hydrogens (primary N) is 1. The van der Waals surface area contributed by atoms with E-state index < -0.39 is 0 Å². The second kappa shape index (κ2) is 5.14. The van der Waals surface area contributed by atoms with Crippen molar-refractivity contribution in [2.45, 2.75) is 25.9 Å². The first-order valence-corrected chi connectivity index (χ1v) is 5.74. The van der Waals surface area contributed by atoms with Gasteiger partial charge in [0.25, 0.3) is 0 Å². The van der Waals surface area contributed by atoms with Crippen molar-refractivity contribution in [3.05, 3.63) is 36.0 Å². The van der Waals surface area contributed by atoms with Gasteiger partial charge in [-0.25, -0.2) is 0 Å². The number of hydrogen-bond donors (Lipinski definition) is 2. The SMILES string of the molecule is NCc1cccc2c1ccn2CCCCO. The third-order valence-electron chi connectivity index (χ3n) is 2.93. The molecule has 0 spiro atoms. The monoisotopic (exact) mass is 218 g/mol. The predicted molar refractivity (Wildman–Crippen MR) is 66.1 cm³/mol. The number of rotatable bonds is 5. The maximum Gasteiger partial charge on any atom is 0.0483 e. The van der Waals surface area contributed by atoms with Gasteiger partial charge in [0.1, 0.15) is 0 Å². The molecule has 86 valence electrons. The number of nitrogens with zero attached hydrogens (tertiary/aromatic N) is 1. The number of aliphatic hydroxyl groups excluding tert-OH is 1. The number of aromatic nitrogens is 1. The first kappa shape index (κ1) is 11.2. The number of aryl methyl sites for hydroxylation is 1. The summed E-state index contributed by atoms with van der Waals surface area (Å²) in [4.78, 5) is 0. The van der Waals surface area contributed by atoms with Crippen LogP contribution in [0.15, 0.2) is 30.5 Å². The van der Waals surface area contributed by atoms with Crippen LogP contribution < -0.4 is 5.73 Å². The van der Waals surface area contributed by atoms with Gasteiger partial charge in [-0.1, -0.05) is 12.1 Å². The number of hydrogen-bond acceptors (Lipinski definition) is 2. The molecule has 0 fully saturated rings. The Labute approximate surface area is 95.5 Å². The summed E-state index contributed by atoms with van der Waals surface area (Å²) in [5, 5.41) is 10.0. The number of fused-ring (bicyclic) bond motifs is 1. The van der Waals surface area contributed by atoms with Crippen LogP contribution in [0.4, 0.5) is 0 Å². The van der Waals surface area contributed by atoms with Gasteiger partial charge in [0.05, 0.1) is 0 Å². The zero-order valence-corrected chi connectivity index (χ0v) is 9.39. The molecular weight excluding hydrogens is 200 g/mol. The zero-order chi connectivity index (χ0) is 11.4. The van der Waals surface area contributed by atoms with Crippen molar-refractivity contribution >= 4 is 10.9 Å². The fourth-order valence-electron chi connectivity index (χ4n) is 2.05. The lowest BCUT2D eigenvalue weighted by molar-refractivity contribution is 0.281. The Morgan fingerprint density at radius 3 is 2.81 bits per heavy atom. The molecule has 0 saturated carbocycles. The van der Waals surface area contributed by atoms with Crippen LogP contribution in [0.3, 0.4) is 0 Å².